The maximum atomic E-state index is 12.5. The van der Waals surface area contributed by atoms with E-state index in [1.165, 1.54) is 6.20 Å². The number of pyridine rings is 1. The molecule has 1 aliphatic rings. The summed E-state index contributed by atoms with van der Waals surface area (Å²) in [5.41, 5.74) is 2.06. The molecule has 0 bridgehead atoms. The van der Waals surface area contributed by atoms with Crippen LogP contribution in [0.4, 0.5) is 11.5 Å². The minimum absolute atomic E-state index is 0.0563. The molecule has 0 atom stereocenters. The van der Waals surface area contributed by atoms with Gasteiger partial charge >= 0.3 is 0 Å². The summed E-state index contributed by atoms with van der Waals surface area (Å²) >= 11 is 0. The molecular weight excluding hydrogens is 368 g/mol. The Morgan fingerprint density at radius 1 is 1.21 bits per heavy atom. The largest absolute Gasteiger partial charge is 0.469 e. The van der Waals surface area contributed by atoms with Gasteiger partial charge in [0.15, 0.2) is 5.82 Å². The summed E-state index contributed by atoms with van der Waals surface area (Å²) in [5, 5.41) is 5.92. The Bertz CT molecular complexity index is 987. The SMILES string of the molecule is O=C(NCCCc1ccco1)c1cnc2c(c1)N(Cc1ccccc1)C(=O)CN2. The highest BCUT2D eigenvalue weighted by atomic mass is 16.3. The van der Waals surface area contributed by atoms with Gasteiger partial charge < -0.3 is 20.0 Å². The molecule has 4 rings (SSSR count). The summed E-state index contributed by atoms with van der Waals surface area (Å²) in [6, 6.07) is 15.2. The van der Waals surface area contributed by atoms with Gasteiger partial charge in [-0.2, -0.15) is 0 Å². The summed E-state index contributed by atoms with van der Waals surface area (Å²) in [6.07, 6.45) is 4.71. The van der Waals surface area contributed by atoms with Crippen LogP contribution in [0.1, 0.15) is 28.1 Å². The fourth-order valence-corrected chi connectivity index (χ4v) is 3.27. The van der Waals surface area contributed by atoms with Crippen LogP contribution in [0.15, 0.2) is 65.4 Å². The van der Waals surface area contributed by atoms with Crippen LogP contribution in [0.5, 0.6) is 0 Å². The Kier molecular flexibility index (Phi) is 5.56. The van der Waals surface area contributed by atoms with E-state index in [9.17, 15) is 9.59 Å². The third kappa shape index (κ3) is 4.45. The van der Waals surface area contributed by atoms with Crippen LogP contribution in [0.3, 0.4) is 0 Å². The monoisotopic (exact) mass is 390 g/mol. The van der Waals surface area contributed by atoms with Crippen LogP contribution in [0.25, 0.3) is 0 Å². The minimum Gasteiger partial charge on any atom is -0.469 e. The van der Waals surface area contributed by atoms with E-state index in [2.05, 4.69) is 15.6 Å². The van der Waals surface area contributed by atoms with Gasteiger partial charge in [0, 0.05) is 19.2 Å². The standard InChI is InChI=1S/C22H22N4O3/c27-20-14-25-21-19(26(20)15-16-6-2-1-3-7-16)12-17(13-24-21)22(28)23-10-4-8-18-9-5-11-29-18/h1-3,5-7,9,11-13H,4,8,10,14-15H2,(H,23,28)(H,24,25). The molecule has 29 heavy (non-hydrogen) atoms. The number of nitrogens with zero attached hydrogens (tertiary/aromatic N) is 2. The third-order valence-electron chi connectivity index (χ3n) is 4.78. The molecule has 3 aromatic rings. The topological polar surface area (TPSA) is 87.5 Å². The van der Waals surface area contributed by atoms with Crippen molar-refractivity contribution in [3.05, 3.63) is 77.9 Å². The number of hydrogen-bond donors (Lipinski definition) is 2. The number of nitrogens with one attached hydrogen (secondary N) is 2. The molecule has 0 radical (unpaired) electrons. The summed E-state index contributed by atoms with van der Waals surface area (Å²) in [4.78, 5) is 31.1. The Hall–Kier alpha value is -3.61. The first-order valence-corrected chi connectivity index (χ1v) is 9.59. The first kappa shape index (κ1) is 18.7. The average Bonchev–Trinajstić information content (AvgIpc) is 3.27. The number of rotatable bonds is 7. The van der Waals surface area contributed by atoms with Crippen molar-refractivity contribution in [1.29, 1.82) is 0 Å². The third-order valence-corrected chi connectivity index (χ3v) is 4.78. The van der Waals surface area contributed by atoms with Gasteiger partial charge in [-0.05, 0) is 30.2 Å². The number of benzene rings is 1. The molecule has 0 saturated carbocycles. The quantitative estimate of drug-likeness (QED) is 0.606. The van der Waals surface area contributed by atoms with Crippen molar-refractivity contribution in [3.63, 3.8) is 0 Å². The second-order valence-corrected chi connectivity index (χ2v) is 6.85. The lowest BCUT2D eigenvalue weighted by atomic mass is 10.1. The van der Waals surface area contributed by atoms with Crippen molar-refractivity contribution in [2.45, 2.75) is 19.4 Å². The molecule has 3 heterocycles. The predicted octanol–water partition coefficient (Wildman–Crippen LogP) is 3.00. The van der Waals surface area contributed by atoms with E-state index >= 15 is 0 Å². The number of hydrogen-bond acceptors (Lipinski definition) is 5. The molecule has 7 nitrogen and oxygen atoms in total. The van der Waals surface area contributed by atoms with Gasteiger partial charge in [-0.25, -0.2) is 4.98 Å². The number of furan rings is 1. The van der Waals surface area contributed by atoms with Gasteiger partial charge in [-0.1, -0.05) is 30.3 Å². The number of amides is 2. The molecule has 2 amide bonds. The molecule has 1 aromatic carbocycles. The van der Waals surface area contributed by atoms with Gasteiger partial charge in [0.2, 0.25) is 5.91 Å². The Labute approximate surface area is 168 Å². The van der Waals surface area contributed by atoms with Crippen molar-refractivity contribution in [2.75, 3.05) is 23.3 Å². The number of fused-ring (bicyclic) bond motifs is 1. The molecule has 2 N–H and O–H groups in total. The van der Waals surface area contributed by atoms with Crippen molar-refractivity contribution in [3.8, 4) is 0 Å². The maximum absolute atomic E-state index is 12.5. The van der Waals surface area contributed by atoms with Gasteiger partial charge in [-0.15, -0.1) is 0 Å². The van der Waals surface area contributed by atoms with Crippen LogP contribution in [0.2, 0.25) is 0 Å². The minimum atomic E-state index is -0.211. The zero-order valence-corrected chi connectivity index (χ0v) is 15.9. The smallest absolute Gasteiger partial charge is 0.252 e. The van der Waals surface area contributed by atoms with E-state index in [1.807, 2.05) is 42.5 Å². The molecule has 148 valence electrons. The second kappa shape index (κ2) is 8.60. The molecular formula is C22H22N4O3. The summed E-state index contributed by atoms with van der Waals surface area (Å²) in [6.45, 7) is 1.15. The van der Waals surface area contributed by atoms with Gasteiger partial charge in [0.05, 0.1) is 30.6 Å². The number of aromatic nitrogens is 1. The first-order chi connectivity index (χ1) is 14.2. The van der Waals surface area contributed by atoms with Crippen molar-refractivity contribution in [1.82, 2.24) is 10.3 Å². The highest BCUT2D eigenvalue weighted by Gasteiger charge is 2.26. The summed E-state index contributed by atoms with van der Waals surface area (Å²) in [7, 11) is 0. The zero-order chi connectivity index (χ0) is 20.1. The van der Waals surface area contributed by atoms with Crippen LogP contribution in [-0.2, 0) is 17.8 Å². The Morgan fingerprint density at radius 2 is 2.07 bits per heavy atom. The Balaban J connectivity index is 1.44. The van der Waals surface area contributed by atoms with E-state index in [1.54, 1.807) is 17.2 Å². The fraction of sp³-hybridized carbons (Fsp3) is 0.227. The molecule has 1 aliphatic heterocycles. The lowest BCUT2D eigenvalue weighted by Gasteiger charge is -2.29. The molecule has 2 aromatic heterocycles. The number of carbonyl (C=O) groups excluding carboxylic acids is 2. The summed E-state index contributed by atoms with van der Waals surface area (Å²) < 4.78 is 5.29. The van der Waals surface area contributed by atoms with Gasteiger partial charge in [0.1, 0.15) is 5.76 Å². The van der Waals surface area contributed by atoms with Gasteiger partial charge in [-0.3, -0.25) is 9.59 Å². The molecule has 0 unspecified atom stereocenters. The highest BCUT2D eigenvalue weighted by molar-refractivity contribution is 6.04. The highest BCUT2D eigenvalue weighted by Crippen LogP contribution is 2.29. The number of anilines is 2. The lowest BCUT2D eigenvalue weighted by molar-refractivity contribution is -0.117. The fourth-order valence-electron chi connectivity index (χ4n) is 3.27. The predicted molar refractivity (Wildman–Crippen MR) is 110 cm³/mol. The van der Waals surface area contributed by atoms with Crippen molar-refractivity contribution >= 4 is 23.3 Å². The van der Waals surface area contributed by atoms with Crippen LogP contribution in [-0.4, -0.2) is 29.9 Å². The normalized spacial score (nSPS) is 13.0. The van der Waals surface area contributed by atoms with E-state index in [0.29, 0.717) is 30.2 Å². The summed E-state index contributed by atoms with van der Waals surface area (Å²) in [5.74, 6) is 1.24. The van der Waals surface area contributed by atoms with Crippen LogP contribution < -0.4 is 15.5 Å². The molecule has 0 saturated heterocycles. The van der Waals surface area contributed by atoms with E-state index in [4.69, 9.17) is 4.42 Å². The van der Waals surface area contributed by atoms with E-state index < -0.39 is 0 Å². The number of aryl methyl sites for hydroxylation is 1. The van der Waals surface area contributed by atoms with E-state index in [-0.39, 0.29) is 18.4 Å². The lowest BCUT2D eigenvalue weighted by Crippen LogP contribution is -2.40. The van der Waals surface area contributed by atoms with Crippen molar-refractivity contribution in [2.24, 2.45) is 0 Å². The molecule has 0 fully saturated rings. The first-order valence-electron chi connectivity index (χ1n) is 9.59. The second-order valence-electron chi connectivity index (χ2n) is 6.85. The van der Waals surface area contributed by atoms with Crippen LogP contribution in [0, 0.1) is 0 Å². The van der Waals surface area contributed by atoms with Gasteiger partial charge in [0.25, 0.3) is 5.91 Å². The number of carbonyl (C=O) groups is 2. The van der Waals surface area contributed by atoms with Crippen molar-refractivity contribution < 1.29 is 14.0 Å². The maximum Gasteiger partial charge on any atom is 0.252 e. The molecule has 0 aliphatic carbocycles. The average molecular weight is 390 g/mol. The Morgan fingerprint density at radius 3 is 2.86 bits per heavy atom. The molecule has 7 heteroatoms. The van der Waals surface area contributed by atoms with Crippen LogP contribution >= 0.6 is 0 Å². The zero-order valence-electron chi connectivity index (χ0n) is 15.9. The van der Waals surface area contributed by atoms with E-state index in [0.717, 1.165) is 24.2 Å². The molecule has 0 spiro atoms.